The summed E-state index contributed by atoms with van der Waals surface area (Å²) in [5.74, 6) is -0.814. The quantitative estimate of drug-likeness (QED) is 0.597. The molecule has 0 atom stereocenters. The number of carbonyl (C=O) groups excluding carboxylic acids is 3. The zero-order valence-electron chi connectivity index (χ0n) is 16.0. The van der Waals surface area contributed by atoms with Crippen LogP contribution in [0.4, 0.5) is 10.8 Å². The Bertz CT molecular complexity index is 947. The van der Waals surface area contributed by atoms with Crippen LogP contribution in [0.1, 0.15) is 34.8 Å². The standard InChI is InChI=1S/C20H22N4O3S/c1-12(19(27)21-15-6-4-14(5-7-15)13(2)25)10-18(26)23-20-22-16-8-9-24(3)11-17(16)28-20/h4-7,10H,8-9,11H2,1-3H3,(H,21,27)(H,22,23,26)/b12-10-. The molecule has 1 aromatic carbocycles. The Labute approximate surface area is 167 Å². The lowest BCUT2D eigenvalue weighted by Crippen LogP contribution is -2.25. The largest absolute Gasteiger partial charge is 0.322 e. The molecule has 3 rings (SSSR count). The Hall–Kier alpha value is -2.84. The molecule has 1 aromatic heterocycles. The summed E-state index contributed by atoms with van der Waals surface area (Å²) in [6.07, 6.45) is 2.13. The lowest BCUT2D eigenvalue weighted by atomic mass is 10.1. The molecule has 0 aliphatic carbocycles. The molecule has 2 amide bonds. The fourth-order valence-electron chi connectivity index (χ4n) is 2.80. The first-order valence-corrected chi connectivity index (χ1v) is 9.72. The molecule has 2 N–H and O–H groups in total. The Balaban J connectivity index is 1.60. The van der Waals surface area contributed by atoms with Gasteiger partial charge in [0.1, 0.15) is 0 Å². The highest BCUT2D eigenvalue weighted by Gasteiger charge is 2.19. The Kier molecular flexibility index (Phi) is 6.01. The van der Waals surface area contributed by atoms with Gasteiger partial charge in [0, 0.05) is 47.3 Å². The zero-order valence-corrected chi connectivity index (χ0v) is 16.9. The van der Waals surface area contributed by atoms with Crippen LogP contribution in [0.2, 0.25) is 0 Å². The molecule has 0 bridgehead atoms. The average Bonchev–Trinajstić information content (AvgIpc) is 3.03. The van der Waals surface area contributed by atoms with E-state index in [1.54, 1.807) is 31.2 Å². The molecule has 7 nitrogen and oxygen atoms in total. The lowest BCUT2D eigenvalue weighted by Gasteiger charge is -2.20. The molecule has 1 aliphatic heterocycles. The van der Waals surface area contributed by atoms with Crippen molar-refractivity contribution in [1.29, 1.82) is 0 Å². The van der Waals surface area contributed by atoms with Crippen molar-refractivity contribution in [2.24, 2.45) is 0 Å². The van der Waals surface area contributed by atoms with Crippen LogP contribution >= 0.6 is 11.3 Å². The number of anilines is 2. The van der Waals surface area contributed by atoms with Gasteiger partial charge in [-0.3, -0.25) is 19.7 Å². The number of amides is 2. The third-order valence-electron chi connectivity index (χ3n) is 4.41. The number of aromatic nitrogens is 1. The zero-order chi connectivity index (χ0) is 20.3. The van der Waals surface area contributed by atoms with E-state index in [1.165, 1.54) is 24.3 Å². The SMILES string of the molecule is CC(=O)c1ccc(NC(=O)/C(C)=C\C(=O)Nc2nc3c(s2)CN(C)CC3)cc1. The summed E-state index contributed by atoms with van der Waals surface area (Å²) in [6, 6.07) is 6.59. The number of ketones is 1. The van der Waals surface area contributed by atoms with Crippen LogP contribution in [-0.2, 0) is 22.6 Å². The minimum absolute atomic E-state index is 0.0406. The van der Waals surface area contributed by atoms with E-state index in [0.29, 0.717) is 16.4 Å². The van der Waals surface area contributed by atoms with E-state index in [1.807, 2.05) is 0 Å². The first kappa shape index (κ1) is 19.9. The van der Waals surface area contributed by atoms with Gasteiger partial charge in [-0.1, -0.05) is 0 Å². The molecular formula is C20H22N4O3S. The second kappa shape index (κ2) is 8.45. The normalized spacial score (nSPS) is 14.3. The Morgan fingerprint density at radius 2 is 1.86 bits per heavy atom. The summed E-state index contributed by atoms with van der Waals surface area (Å²) in [6.45, 7) is 4.84. The first-order valence-electron chi connectivity index (χ1n) is 8.90. The fraction of sp³-hybridized carbons (Fsp3) is 0.300. The number of carbonyl (C=O) groups is 3. The Morgan fingerprint density at radius 3 is 2.54 bits per heavy atom. The molecule has 2 heterocycles. The number of nitrogens with zero attached hydrogens (tertiary/aromatic N) is 2. The maximum atomic E-state index is 12.3. The highest BCUT2D eigenvalue weighted by molar-refractivity contribution is 7.15. The van der Waals surface area contributed by atoms with E-state index in [4.69, 9.17) is 0 Å². The van der Waals surface area contributed by atoms with E-state index >= 15 is 0 Å². The molecule has 28 heavy (non-hydrogen) atoms. The number of hydrogen-bond acceptors (Lipinski definition) is 6. The number of Topliss-reactive ketones (excluding diaryl/α,β-unsaturated/α-hetero) is 1. The van der Waals surface area contributed by atoms with Crippen molar-refractivity contribution >= 4 is 39.8 Å². The summed E-state index contributed by atoms with van der Waals surface area (Å²) in [7, 11) is 2.05. The van der Waals surface area contributed by atoms with Crippen LogP contribution in [-0.4, -0.2) is 41.1 Å². The van der Waals surface area contributed by atoms with E-state index < -0.39 is 0 Å². The molecular weight excluding hydrogens is 376 g/mol. The van der Waals surface area contributed by atoms with Crippen LogP contribution < -0.4 is 10.6 Å². The maximum absolute atomic E-state index is 12.3. The molecule has 0 spiro atoms. The number of nitrogens with one attached hydrogen (secondary N) is 2. The maximum Gasteiger partial charge on any atom is 0.251 e. The highest BCUT2D eigenvalue weighted by Crippen LogP contribution is 2.27. The monoisotopic (exact) mass is 398 g/mol. The van der Waals surface area contributed by atoms with Gasteiger partial charge < -0.3 is 10.2 Å². The topological polar surface area (TPSA) is 91.4 Å². The summed E-state index contributed by atoms with van der Waals surface area (Å²) < 4.78 is 0. The van der Waals surface area contributed by atoms with Crippen molar-refractivity contribution in [2.75, 3.05) is 24.2 Å². The summed E-state index contributed by atoms with van der Waals surface area (Å²) in [4.78, 5) is 43.6. The van der Waals surface area contributed by atoms with Crippen molar-refractivity contribution in [3.05, 3.63) is 52.0 Å². The lowest BCUT2D eigenvalue weighted by molar-refractivity contribution is -0.114. The van der Waals surface area contributed by atoms with Gasteiger partial charge >= 0.3 is 0 Å². The van der Waals surface area contributed by atoms with Crippen molar-refractivity contribution in [3.63, 3.8) is 0 Å². The van der Waals surface area contributed by atoms with E-state index in [9.17, 15) is 14.4 Å². The van der Waals surface area contributed by atoms with Gasteiger partial charge in [-0.2, -0.15) is 0 Å². The van der Waals surface area contributed by atoms with Crippen LogP contribution in [0, 0.1) is 0 Å². The third-order valence-corrected chi connectivity index (χ3v) is 5.41. The minimum atomic E-state index is -0.390. The molecule has 0 unspecified atom stereocenters. The van der Waals surface area contributed by atoms with E-state index in [2.05, 4.69) is 27.6 Å². The molecule has 0 saturated carbocycles. The predicted molar refractivity (Wildman–Crippen MR) is 110 cm³/mol. The van der Waals surface area contributed by atoms with Gasteiger partial charge in [0.15, 0.2) is 10.9 Å². The molecule has 146 valence electrons. The summed E-state index contributed by atoms with van der Waals surface area (Å²) in [5.41, 5.74) is 2.43. The second-order valence-corrected chi connectivity index (χ2v) is 7.86. The molecule has 0 fully saturated rings. The van der Waals surface area contributed by atoms with Crippen LogP contribution in [0.25, 0.3) is 0 Å². The molecule has 8 heteroatoms. The van der Waals surface area contributed by atoms with Crippen molar-refractivity contribution in [2.45, 2.75) is 26.8 Å². The van der Waals surface area contributed by atoms with Gasteiger partial charge in [-0.05, 0) is 45.2 Å². The number of hydrogen-bond donors (Lipinski definition) is 2. The van der Waals surface area contributed by atoms with Crippen LogP contribution in [0.3, 0.4) is 0 Å². The number of thiazole rings is 1. The first-order chi connectivity index (χ1) is 13.3. The second-order valence-electron chi connectivity index (χ2n) is 6.78. The summed E-state index contributed by atoms with van der Waals surface area (Å²) >= 11 is 1.47. The van der Waals surface area contributed by atoms with Gasteiger partial charge in [0.05, 0.1) is 5.69 Å². The van der Waals surface area contributed by atoms with Crippen molar-refractivity contribution < 1.29 is 14.4 Å². The van der Waals surface area contributed by atoms with Crippen molar-refractivity contribution in [3.8, 4) is 0 Å². The van der Waals surface area contributed by atoms with Crippen LogP contribution in [0.15, 0.2) is 35.9 Å². The van der Waals surface area contributed by atoms with E-state index in [0.717, 1.165) is 30.1 Å². The predicted octanol–water partition coefficient (Wildman–Crippen LogP) is 2.86. The van der Waals surface area contributed by atoms with Gasteiger partial charge in [-0.15, -0.1) is 11.3 Å². The summed E-state index contributed by atoms with van der Waals surface area (Å²) in [5, 5.41) is 5.99. The van der Waals surface area contributed by atoms with Gasteiger partial charge in [0.2, 0.25) is 0 Å². The Morgan fingerprint density at radius 1 is 1.14 bits per heavy atom. The molecule has 2 aromatic rings. The third kappa shape index (κ3) is 4.90. The van der Waals surface area contributed by atoms with E-state index in [-0.39, 0.29) is 23.2 Å². The number of rotatable bonds is 5. The van der Waals surface area contributed by atoms with Gasteiger partial charge in [-0.25, -0.2) is 4.98 Å². The molecule has 0 saturated heterocycles. The average molecular weight is 398 g/mol. The van der Waals surface area contributed by atoms with Crippen molar-refractivity contribution in [1.82, 2.24) is 9.88 Å². The number of likely N-dealkylation sites (N-methyl/N-ethyl adjacent to an activating group) is 1. The minimum Gasteiger partial charge on any atom is -0.322 e. The molecule has 0 radical (unpaired) electrons. The molecule has 1 aliphatic rings. The number of benzene rings is 1. The van der Waals surface area contributed by atoms with Crippen LogP contribution in [0.5, 0.6) is 0 Å². The highest BCUT2D eigenvalue weighted by atomic mass is 32.1. The van der Waals surface area contributed by atoms with Gasteiger partial charge in [0.25, 0.3) is 11.8 Å². The number of fused-ring (bicyclic) bond motifs is 1. The smallest absolute Gasteiger partial charge is 0.251 e. The fourth-order valence-corrected chi connectivity index (χ4v) is 3.89.